The van der Waals surface area contributed by atoms with Gasteiger partial charge in [0.25, 0.3) is 0 Å². The van der Waals surface area contributed by atoms with Crippen LogP contribution in [0.4, 0.5) is 0 Å². The first kappa shape index (κ1) is 20.1. The van der Waals surface area contributed by atoms with E-state index in [2.05, 4.69) is 22.4 Å². The Labute approximate surface area is 170 Å². The summed E-state index contributed by atoms with van der Waals surface area (Å²) >= 11 is 1.42. The van der Waals surface area contributed by atoms with Crippen molar-refractivity contribution in [3.63, 3.8) is 0 Å². The van der Waals surface area contributed by atoms with Crippen molar-refractivity contribution in [3.05, 3.63) is 77.6 Å². The van der Waals surface area contributed by atoms with Gasteiger partial charge in [0.1, 0.15) is 5.82 Å². The minimum Gasteiger partial charge on any atom is -0.344 e. The summed E-state index contributed by atoms with van der Waals surface area (Å²) in [4.78, 5) is 12.7. The fourth-order valence-electron chi connectivity index (χ4n) is 3.01. The Morgan fingerprint density at radius 3 is 2.21 bits per heavy atom. The molecular formula is C22H26N4OS. The van der Waals surface area contributed by atoms with Crippen molar-refractivity contribution in [1.29, 1.82) is 0 Å². The summed E-state index contributed by atoms with van der Waals surface area (Å²) in [6, 6.07) is 19.9. The SMILES string of the molecule is CCCCc1nnc(SCC(=O)NC(c2ccccc2)c2ccccc2)n1C. The maximum Gasteiger partial charge on any atom is 0.231 e. The van der Waals surface area contributed by atoms with Crippen molar-refractivity contribution >= 4 is 17.7 Å². The molecule has 1 amide bonds. The quantitative estimate of drug-likeness (QED) is 0.554. The van der Waals surface area contributed by atoms with Crippen LogP contribution in [0.25, 0.3) is 0 Å². The van der Waals surface area contributed by atoms with Crippen LogP contribution in [0.15, 0.2) is 65.8 Å². The fraction of sp³-hybridized carbons (Fsp3) is 0.318. The van der Waals surface area contributed by atoms with Crippen molar-refractivity contribution < 1.29 is 4.79 Å². The number of carbonyl (C=O) groups is 1. The molecule has 3 aromatic rings. The molecule has 0 radical (unpaired) electrons. The molecule has 146 valence electrons. The van der Waals surface area contributed by atoms with Crippen LogP contribution < -0.4 is 5.32 Å². The highest BCUT2D eigenvalue weighted by Gasteiger charge is 2.17. The molecule has 2 aromatic carbocycles. The lowest BCUT2D eigenvalue weighted by molar-refractivity contribution is -0.119. The van der Waals surface area contributed by atoms with Gasteiger partial charge in [0, 0.05) is 13.5 Å². The lowest BCUT2D eigenvalue weighted by Crippen LogP contribution is -2.30. The van der Waals surface area contributed by atoms with Gasteiger partial charge in [-0.25, -0.2) is 0 Å². The van der Waals surface area contributed by atoms with E-state index in [4.69, 9.17) is 0 Å². The van der Waals surface area contributed by atoms with Crippen molar-refractivity contribution in [2.45, 2.75) is 37.4 Å². The van der Waals surface area contributed by atoms with E-state index >= 15 is 0 Å². The van der Waals surface area contributed by atoms with Crippen LogP contribution in [0.1, 0.15) is 42.8 Å². The molecule has 0 aliphatic carbocycles. The number of aryl methyl sites for hydroxylation is 1. The molecule has 1 N–H and O–H groups in total. The number of nitrogens with one attached hydrogen (secondary N) is 1. The molecule has 5 nitrogen and oxygen atoms in total. The first-order valence-electron chi connectivity index (χ1n) is 9.59. The third kappa shape index (κ3) is 5.23. The van der Waals surface area contributed by atoms with Gasteiger partial charge in [-0.3, -0.25) is 4.79 Å². The molecule has 0 fully saturated rings. The lowest BCUT2D eigenvalue weighted by atomic mass is 9.99. The van der Waals surface area contributed by atoms with Crippen LogP contribution in [-0.2, 0) is 18.3 Å². The summed E-state index contributed by atoms with van der Waals surface area (Å²) in [5, 5.41) is 12.4. The Hall–Kier alpha value is -2.60. The minimum atomic E-state index is -0.171. The van der Waals surface area contributed by atoms with Gasteiger partial charge in [0.15, 0.2) is 5.16 Å². The second-order valence-electron chi connectivity index (χ2n) is 6.67. The molecule has 1 aromatic heterocycles. The standard InChI is InChI=1S/C22H26N4OS/c1-3-4-15-19-24-25-22(26(19)2)28-16-20(27)23-21(17-11-7-5-8-12-17)18-13-9-6-10-14-18/h5-14,21H,3-4,15-16H2,1-2H3,(H,23,27). The van der Waals surface area contributed by atoms with E-state index in [1.165, 1.54) is 11.8 Å². The molecule has 0 unspecified atom stereocenters. The number of thioether (sulfide) groups is 1. The van der Waals surface area contributed by atoms with Crippen LogP contribution in [-0.4, -0.2) is 26.4 Å². The summed E-state index contributed by atoms with van der Waals surface area (Å²) in [6.45, 7) is 2.16. The van der Waals surface area contributed by atoms with Crippen LogP contribution in [0.3, 0.4) is 0 Å². The third-order valence-electron chi connectivity index (χ3n) is 4.58. The van der Waals surface area contributed by atoms with Crippen LogP contribution >= 0.6 is 11.8 Å². The average molecular weight is 395 g/mol. The molecule has 0 saturated carbocycles. The number of rotatable bonds is 9. The van der Waals surface area contributed by atoms with Gasteiger partial charge in [-0.15, -0.1) is 10.2 Å². The summed E-state index contributed by atoms with van der Waals surface area (Å²) in [7, 11) is 1.96. The van der Waals surface area contributed by atoms with Crippen molar-refractivity contribution in [1.82, 2.24) is 20.1 Å². The predicted molar refractivity (Wildman–Crippen MR) is 113 cm³/mol. The van der Waals surface area contributed by atoms with Crippen LogP contribution in [0, 0.1) is 0 Å². The second kappa shape index (κ2) is 10.1. The smallest absolute Gasteiger partial charge is 0.231 e. The molecule has 28 heavy (non-hydrogen) atoms. The topological polar surface area (TPSA) is 59.8 Å². The van der Waals surface area contributed by atoms with Crippen molar-refractivity contribution in [2.75, 3.05) is 5.75 Å². The van der Waals surface area contributed by atoms with Gasteiger partial charge in [-0.2, -0.15) is 0 Å². The van der Waals surface area contributed by atoms with E-state index in [0.717, 1.165) is 41.4 Å². The number of hydrogen-bond donors (Lipinski definition) is 1. The first-order chi connectivity index (χ1) is 13.7. The summed E-state index contributed by atoms with van der Waals surface area (Å²) < 4.78 is 1.99. The Kier molecular flexibility index (Phi) is 7.25. The molecule has 0 aliphatic rings. The van der Waals surface area contributed by atoms with Crippen LogP contribution in [0.5, 0.6) is 0 Å². The van der Waals surface area contributed by atoms with Crippen molar-refractivity contribution in [2.24, 2.45) is 7.05 Å². The molecule has 0 spiro atoms. The highest BCUT2D eigenvalue weighted by atomic mass is 32.2. The summed E-state index contributed by atoms with van der Waals surface area (Å²) in [6.07, 6.45) is 3.13. The number of unbranched alkanes of at least 4 members (excludes halogenated alkanes) is 1. The first-order valence-corrected chi connectivity index (χ1v) is 10.6. The zero-order valence-corrected chi connectivity index (χ0v) is 17.2. The third-order valence-corrected chi connectivity index (χ3v) is 5.60. The Bertz CT molecular complexity index is 841. The number of nitrogens with zero attached hydrogens (tertiary/aromatic N) is 3. The van der Waals surface area contributed by atoms with E-state index in [-0.39, 0.29) is 11.9 Å². The maximum atomic E-state index is 12.7. The van der Waals surface area contributed by atoms with Gasteiger partial charge in [-0.1, -0.05) is 85.8 Å². The highest BCUT2D eigenvalue weighted by molar-refractivity contribution is 7.99. The molecule has 0 aliphatic heterocycles. The molecule has 0 saturated heterocycles. The number of benzene rings is 2. The number of carbonyl (C=O) groups excluding carboxylic acids is 1. The van der Waals surface area contributed by atoms with Gasteiger partial charge in [-0.05, 0) is 17.5 Å². The maximum absolute atomic E-state index is 12.7. The molecule has 6 heteroatoms. The van der Waals surface area contributed by atoms with E-state index in [9.17, 15) is 4.79 Å². The monoisotopic (exact) mass is 394 g/mol. The molecule has 3 rings (SSSR count). The average Bonchev–Trinajstić information content (AvgIpc) is 3.09. The van der Waals surface area contributed by atoms with Gasteiger partial charge in [0.05, 0.1) is 11.8 Å². The highest BCUT2D eigenvalue weighted by Crippen LogP contribution is 2.23. The fourth-order valence-corrected chi connectivity index (χ4v) is 3.75. The van der Waals surface area contributed by atoms with E-state index in [1.807, 2.05) is 72.3 Å². The molecular weight excluding hydrogens is 368 g/mol. The van der Waals surface area contributed by atoms with Gasteiger partial charge in [0.2, 0.25) is 5.91 Å². The molecule has 1 heterocycles. The normalized spacial score (nSPS) is 11.0. The number of hydrogen-bond acceptors (Lipinski definition) is 4. The van der Waals surface area contributed by atoms with E-state index < -0.39 is 0 Å². The predicted octanol–water partition coefficient (Wildman–Crippen LogP) is 4.16. The second-order valence-corrected chi connectivity index (χ2v) is 7.61. The molecule has 0 atom stereocenters. The van der Waals surface area contributed by atoms with E-state index in [0.29, 0.717) is 5.75 Å². The summed E-state index contributed by atoms with van der Waals surface area (Å²) in [5.74, 6) is 1.24. The van der Waals surface area contributed by atoms with Crippen LogP contribution in [0.2, 0.25) is 0 Å². The Morgan fingerprint density at radius 2 is 1.64 bits per heavy atom. The Morgan fingerprint density at radius 1 is 1.04 bits per heavy atom. The summed E-state index contributed by atoms with van der Waals surface area (Å²) in [5.41, 5.74) is 2.13. The van der Waals surface area contributed by atoms with Gasteiger partial charge >= 0.3 is 0 Å². The number of aromatic nitrogens is 3. The van der Waals surface area contributed by atoms with Gasteiger partial charge < -0.3 is 9.88 Å². The lowest BCUT2D eigenvalue weighted by Gasteiger charge is -2.19. The largest absolute Gasteiger partial charge is 0.344 e. The van der Waals surface area contributed by atoms with E-state index in [1.54, 1.807) is 0 Å². The number of amides is 1. The van der Waals surface area contributed by atoms with Crippen molar-refractivity contribution in [3.8, 4) is 0 Å². The zero-order valence-electron chi connectivity index (χ0n) is 16.3. The molecule has 0 bridgehead atoms. The Balaban J connectivity index is 1.66. The zero-order chi connectivity index (χ0) is 19.8. The minimum absolute atomic E-state index is 0.0270.